The quantitative estimate of drug-likeness (QED) is 0.630. The molecular weight excluding hydrogens is 380 g/mol. The third kappa shape index (κ3) is 3.50. The molecule has 0 aliphatic carbocycles. The van der Waals surface area contributed by atoms with Gasteiger partial charge >= 0.3 is 0 Å². The number of halogens is 1. The van der Waals surface area contributed by atoms with Crippen LogP contribution in [0.15, 0.2) is 51.5 Å². The largest absolute Gasteiger partial charge is 0.457 e. The number of carbonyl (C=O) groups excluding carboxylic acids is 2. The van der Waals surface area contributed by atoms with E-state index in [9.17, 15) is 14.9 Å². The van der Waals surface area contributed by atoms with Crippen LogP contribution in [0.3, 0.4) is 0 Å². The normalized spacial score (nSPS) is 16.1. The van der Waals surface area contributed by atoms with Crippen molar-refractivity contribution in [1.29, 1.82) is 5.26 Å². The molecule has 0 saturated heterocycles. The second kappa shape index (κ2) is 7.85. The molecule has 1 aliphatic heterocycles. The summed E-state index contributed by atoms with van der Waals surface area (Å²) in [7, 11) is 0. The van der Waals surface area contributed by atoms with Gasteiger partial charge < -0.3 is 9.52 Å². The van der Waals surface area contributed by atoms with Gasteiger partial charge in [0, 0.05) is 16.2 Å². The van der Waals surface area contributed by atoms with E-state index in [1.54, 1.807) is 25.1 Å². The van der Waals surface area contributed by atoms with Crippen molar-refractivity contribution < 1.29 is 19.1 Å². The number of amides is 2. The zero-order valence-electron chi connectivity index (χ0n) is 15.3. The highest BCUT2D eigenvalue weighted by atomic mass is 35.5. The summed E-state index contributed by atoms with van der Waals surface area (Å²) in [6, 6.07) is 10.8. The van der Waals surface area contributed by atoms with E-state index in [2.05, 4.69) is 0 Å². The van der Waals surface area contributed by atoms with Crippen LogP contribution >= 0.6 is 11.6 Å². The lowest BCUT2D eigenvalue weighted by molar-refractivity contribution is -0.140. The van der Waals surface area contributed by atoms with E-state index in [0.29, 0.717) is 16.5 Å². The molecule has 2 amide bonds. The van der Waals surface area contributed by atoms with Crippen LogP contribution in [0.2, 0.25) is 5.02 Å². The van der Waals surface area contributed by atoms with E-state index >= 15 is 0 Å². The van der Waals surface area contributed by atoms with Crippen molar-refractivity contribution in [3.8, 4) is 17.4 Å². The van der Waals surface area contributed by atoms with Crippen LogP contribution in [0.1, 0.15) is 18.2 Å². The van der Waals surface area contributed by atoms with E-state index in [4.69, 9.17) is 21.1 Å². The van der Waals surface area contributed by atoms with Crippen LogP contribution in [0.4, 0.5) is 0 Å². The lowest BCUT2D eigenvalue weighted by Crippen LogP contribution is -2.44. The number of aryl methyl sites for hydroxylation is 1. The molecule has 1 aromatic carbocycles. The fourth-order valence-corrected chi connectivity index (χ4v) is 3.09. The predicted molar refractivity (Wildman–Crippen MR) is 104 cm³/mol. The third-order valence-corrected chi connectivity index (χ3v) is 4.93. The fourth-order valence-electron chi connectivity index (χ4n) is 2.91. The Morgan fingerprint density at radius 2 is 1.96 bits per heavy atom. The van der Waals surface area contributed by atoms with Crippen LogP contribution < -0.4 is 0 Å². The molecule has 0 saturated carbocycles. The van der Waals surface area contributed by atoms with Gasteiger partial charge in [-0.05, 0) is 49.3 Å². The lowest BCUT2D eigenvalue weighted by atomic mass is 9.95. The summed E-state index contributed by atoms with van der Waals surface area (Å²) in [6.45, 7) is 2.88. The average Bonchev–Trinajstić information content (AvgIpc) is 3.14. The highest BCUT2D eigenvalue weighted by Gasteiger charge is 2.35. The summed E-state index contributed by atoms with van der Waals surface area (Å²) < 4.78 is 5.81. The van der Waals surface area contributed by atoms with Gasteiger partial charge in [-0.1, -0.05) is 23.7 Å². The van der Waals surface area contributed by atoms with Crippen molar-refractivity contribution >= 4 is 29.5 Å². The molecule has 0 bridgehead atoms. The first kappa shape index (κ1) is 19.6. The number of imide groups is 1. The SMILES string of the molecule is CC1=C(C#N)C(=O)N(CCO)C(=O)/C1=C\c1ccc(-c2ccc(C)c(Cl)c2)o1. The topological polar surface area (TPSA) is 94.5 Å². The highest BCUT2D eigenvalue weighted by molar-refractivity contribution is 6.31. The molecule has 2 heterocycles. The second-order valence-corrected chi connectivity index (χ2v) is 6.73. The Balaban J connectivity index is 2.02. The first-order valence-corrected chi connectivity index (χ1v) is 8.91. The van der Waals surface area contributed by atoms with Crippen LogP contribution in [-0.4, -0.2) is 35.0 Å². The molecule has 1 N–H and O–H groups in total. The van der Waals surface area contributed by atoms with Gasteiger partial charge in [0.25, 0.3) is 11.8 Å². The maximum Gasteiger partial charge on any atom is 0.271 e. The van der Waals surface area contributed by atoms with Gasteiger partial charge in [0.2, 0.25) is 0 Å². The minimum Gasteiger partial charge on any atom is -0.457 e. The highest BCUT2D eigenvalue weighted by Crippen LogP contribution is 2.30. The number of nitriles is 1. The van der Waals surface area contributed by atoms with E-state index in [1.165, 1.54) is 6.08 Å². The molecule has 142 valence electrons. The van der Waals surface area contributed by atoms with Gasteiger partial charge in [-0.25, -0.2) is 0 Å². The van der Waals surface area contributed by atoms with E-state index < -0.39 is 11.8 Å². The summed E-state index contributed by atoms with van der Waals surface area (Å²) in [5, 5.41) is 19.0. The number of rotatable bonds is 4. The van der Waals surface area contributed by atoms with E-state index in [1.807, 2.05) is 25.1 Å². The standard InChI is InChI=1S/C21H17ClN2O4/c1-12-3-4-14(9-18(12)22)19-6-5-15(28-19)10-16-13(2)17(11-23)21(27)24(7-8-25)20(16)26/h3-6,9-10,25H,7-8H2,1-2H3/b16-10-. The molecule has 7 heteroatoms. The van der Waals surface area contributed by atoms with Crippen molar-refractivity contribution in [1.82, 2.24) is 4.90 Å². The van der Waals surface area contributed by atoms with Crippen molar-refractivity contribution in [3.05, 3.63) is 63.4 Å². The first-order valence-electron chi connectivity index (χ1n) is 8.53. The number of aliphatic hydroxyl groups excluding tert-OH is 1. The van der Waals surface area contributed by atoms with Crippen LogP contribution in [-0.2, 0) is 9.59 Å². The van der Waals surface area contributed by atoms with Gasteiger partial charge in [0.05, 0.1) is 13.2 Å². The Morgan fingerprint density at radius 3 is 2.61 bits per heavy atom. The smallest absolute Gasteiger partial charge is 0.271 e. The number of hydrogen-bond donors (Lipinski definition) is 1. The first-order chi connectivity index (χ1) is 13.4. The van der Waals surface area contributed by atoms with Gasteiger partial charge in [-0.3, -0.25) is 14.5 Å². The van der Waals surface area contributed by atoms with Crippen LogP contribution in [0, 0.1) is 18.3 Å². The van der Waals surface area contributed by atoms with Gasteiger partial charge in [-0.15, -0.1) is 0 Å². The number of carbonyl (C=O) groups is 2. The number of β-amino-alcohol motifs (C(OH)–C–C–N with tert-alkyl or cyclic N) is 1. The molecule has 1 aromatic heterocycles. The number of nitrogens with zero attached hydrogens (tertiary/aromatic N) is 2. The Labute approximate surface area is 166 Å². The second-order valence-electron chi connectivity index (χ2n) is 6.32. The van der Waals surface area contributed by atoms with Gasteiger partial charge in [0.1, 0.15) is 23.2 Å². The predicted octanol–water partition coefficient (Wildman–Crippen LogP) is 3.49. The molecule has 3 rings (SSSR count). The maximum atomic E-state index is 12.7. The third-order valence-electron chi connectivity index (χ3n) is 4.52. The summed E-state index contributed by atoms with van der Waals surface area (Å²) >= 11 is 6.16. The van der Waals surface area contributed by atoms with Gasteiger partial charge in [-0.2, -0.15) is 5.26 Å². The Bertz CT molecular complexity index is 1070. The number of furan rings is 1. The molecule has 0 fully saturated rings. The molecule has 28 heavy (non-hydrogen) atoms. The Kier molecular flexibility index (Phi) is 5.50. The van der Waals surface area contributed by atoms with Crippen LogP contribution in [0.25, 0.3) is 17.4 Å². The maximum absolute atomic E-state index is 12.7. The van der Waals surface area contributed by atoms with E-state index in [-0.39, 0.29) is 29.9 Å². The zero-order valence-corrected chi connectivity index (χ0v) is 16.1. The minimum absolute atomic E-state index is 0.128. The van der Waals surface area contributed by atoms with Gasteiger partial charge in [0.15, 0.2) is 0 Å². The molecular formula is C21H17ClN2O4. The molecule has 0 radical (unpaired) electrons. The molecule has 0 atom stereocenters. The summed E-state index contributed by atoms with van der Waals surface area (Å²) in [6.07, 6.45) is 1.49. The summed E-state index contributed by atoms with van der Waals surface area (Å²) in [5.41, 5.74) is 2.06. The number of aliphatic hydroxyl groups is 1. The monoisotopic (exact) mass is 396 g/mol. The Morgan fingerprint density at radius 1 is 1.21 bits per heavy atom. The Hall–Kier alpha value is -3.14. The lowest BCUT2D eigenvalue weighted by Gasteiger charge is -2.26. The van der Waals surface area contributed by atoms with Crippen molar-refractivity contribution in [3.63, 3.8) is 0 Å². The van der Waals surface area contributed by atoms with Crippen LogP contribution in [0.5, 0.6) is 0 Å². The minimum atomic E-state index is -0.703. The molecule has 2 aromatic rings. The van der Waals surface area contributed by atoms with E-state index in [0.717, 1.165) is 16.0 Å². The molecule has 0 unspecified atom stereocenters. The van der Waals surface area contributed by atoms with Crippen molar-refractivity contribution in [2.75, 3.05) is 13.2 Å². The molecule has 6 nitrogen and oxygen atoms in total. The van der Waals surface area contributed by atoms with Crippen molar-refractivity contribution in [2.24, 2.45) is 0 Å². The zero-order chi connectivity index (χ0) is 20.4. The molecule has 0 spiro atoms. The van der Waals surface area contributed by atoms with Crippen molar-refractivity contribution in [2.45, 2.75) is 13.8 Å². The fraction of sp³-hybridized carbons (Fsp3) is 0.190. The number of hydrogen-bond acceptors (Lipinski definition) is 5. The molecule has 1 aliphatic rings. The number of benzene rings is 1. The average molecular weight is 397 g/mol. The summed E-state index contributed by atoms with van der Waals surface area (Å²) in [5.74, 6) is -0.315. The summed E-state index contributed by atoms with van der Waals surface area (Å²) in [4.78, 5) is 25.8.